The van der Waals surface area contributed by atoms with E-state index in [2.05, 4.69) is 20.8 Å². The molecular formula is C35H42FNO6S. The molecule has 0 spiro atoms. The molecule has 3 aromatic rings. The van der Waals surface area contributed by atoms with Gasteiger partial charge in [-0.2, -0.15) is 4.31 Å². The van der Waals surface area contributed by atoms with Gasteiger partial charge in [-0.3, -0.25) is 4.79 Å². The van der Waals surface area contributed by atoms with Gasteiger partial charge in [-0.05, 0) is 116 Å². The van der Waals surface area contributed by atoms with Crippen LogP contribution in [0, 0.1) is 26.6 Å². The van der Waals surface area contributed by atoms with Gasteiger partial charge in [0, 0.05) is 18.0 Å². The Hall–Kier alpha value is -3.43. The summed E-state index contributed by atoms with van der Waals surface area (Å²) in [7, 11) is -3.20. The van der Waals surface area contributed by atoms with Crippen molar-refractivity contribution in [1.29, 1.82) is 0 Å². The highest BCUT2D eigenvalue weighted by Gasteiger charge is 2.29. The maximum atomic E-state index is 14.4. The van der Waals surface area contributed by atoms with E-state index in [0.29, 0.717) is 19.7 Å². The first-order chi connectivity index (χ1) is 20.8. The fraction of sp³-hybridized carbons (Fsp3) is 0.457. The molecule has 2 aliphatic heterocycles. The molecule has 3 aromatic carbocycles. The van der Waals surface area contributed by atoms with E-state index in [1.54, 1.807) is 6.07 Å². The number of hydrogen-bond donors (Lipinski definition) is 1. The number of nitrogens with zero attached hydrogens (tertiary/aromatic N) is 1. The molecule has 7 nitrogen and oxygen atoms in total. The number of piperidine rings is 1. The minimum Gasteiger partial charge on any atom is -0.493 e. The molecule has 0 bridgehead atoms. The second-order valence-electron chi connectivity index (χ2n) is 12.5. The summed E-state index contributed by atoms with van der Waals surface area (Å²) in [6.45, 7) is 9.66. The second kappa shape index (κ2) is 12.9. The van der Waals surface area contributed by atoms with E-state index in [-0.39, 0.29) is 30.2 Å². The van der Waals surface area contributed by atoms with E-state index < -0.39 is 16.0 Å². The third-order valence-corrected chi connectivity index (χ3v) is 10.3. The normalized spacial score (nSPS) is 21.1. The van der Waals surface area contributed by atoms with Gasteiger partial charge in [0.25, 0.3) is 0 Å². The predicted molar refractivity (Wildman–Crippen MR) is 170 cm³/mol. The average Bonchev–Trinajstić information content (AvgIpc) is 3.52. The van der Waals surface area contributed by atoms with Gasteiger partial charge in [0.2, 0.25) is 10.0 Å². The highest BCUT2D eigenvalue weighted by Crippen LogP contribution is 2.43. The first kappa shape index (κ1) is 32.0. The van der Waals surface area contributed by atoms with Crippen LogP contribution in [0.2, 0.25) is 0 Å². The van der Waals surface area contributed by atoms with Crippen LogP contribution in [-0.4, -0.2) is 55.9 Å². The van der Waals surface area contributed by atoms with Crippen LogP contribution in [0.15, 0.2) is 42.5 Å². The van der Waals surface area contributed by atoms with Crippen molar-refractivity contribution in [3.05, 3.63) is 81.7 Å². The number of hydrogen-bond acceptors (Lipinski definition) is 5. The SMILES string of the molecule is Cc1cc(O[C@H]2CCCN(S(C)(=O)=O)C2)cc(C)c1-c1ccc(F)c2c1CC[C@H]2C.Cc1ccc2c(c1)OC[C@H]2CC(=O)O. The lowest BCUT2D eigenvalue weighted by molar-refractivity contribution is -0.137. The molecule has 44 heavy (non-hydrogen) atoms. The van der Waals surface area contributed by atoms with E-state index in [1.807, 2.05) is 43.3 Å². The summed E-state index contributed by atoms with van der Waals surface area (Å²) in [5.41, 5.74) is 8.63. The van der Waals surface area contributed by atoms with Crippen molar-refractivity contribution in [2.45, 2.75) is 77.7 Å². The number of carboxylic acid groups (broad SMARTS) is 1. The maximum absolute atomic E-state index is 14.4. The van der Waals surface area contributed by atoms with E-state index in [4.69, 9.17) is 14.6 Å². The lowest BCUT2D eigenvalue weighted by atomic mass is 9.89. The molecule has 3 aliphatic rings. The zero-order valence-electron chi connectivity index (χ0n) is 26.2. The van der Waals surface area contributed by atoms with Gasteiger partial charge in [-0.25, -0.2) is 12.8 Å². The molecule has 1 N–H and O–H groups in total. The van der Waals surface area contributed by atoms with Crippen LogP contribution in [0.1, 0.15) is 77.8 Å². The molecule has 0 saturated carbocycles. The van der Waals surface area contributed by atoms with Crippen LogP contribution in [0.4, 0.5) is 4.39 Å². The van der Waals surface area contributed by atoms with Crippen LogP contribution in [0.5, 0.6) is 11.5 Å². The molecule has 2 heterocycles. The number of sulfonamides is 1. The van der Waals surface area contributed by atoms with Crippen molar-refractivity contribution < 1.29 is 32.2 Å². The van der Waals surface area contributed by atoms with E-state index in [0.717, 1.165) is 81.7 Å². The number of fused-ring (bicyclic) bond motifs is 2. The second-order valence-corrected chi connectivity index (χ2v) is 14.5. The van der Waals surface area contributed by atoms with Gasteiger partial charge in [-0.1, -0.05) is 25.1 Å². The molecule has 1 aliphatic carbocycles. The number of ether oxygens (including phenoxy) is 2. The van der Waals surface area contributed by atoms with Crippen molar-refractivity contribution in [3.8, 4) is 22.6 Å². The molecule has 0 aromatic heterocycles. The Balaban J connectivity index is 0.000000229. The van der Waals surface area contributed by atoms with Crippen molar-refractivity contribution >= 4 is 16.0 Å². The van der Waals surface area contributed by atoms with E-state index >= 15 is 0 Å². The number of carbonyl (C=O) groups is 1. The Bertz CT molecular complexity index is 1650. The van der Waals surface area contributed by atoms with Crippen LogP contribution in [-0.2, 0) is 21.2 Å². The van der Waals surface area contributed by atoms with Gasteiger partial charge in [-0.15, -0.1) is 0 Å². The first-order valence-electron chi connectivity index (χ1n) is 15.3. The maximum Gasteiger partial charge on any atom is 0.304 e. The lowest BCUT2D eigenvalue weighted by Crippen LogP contribution is -2.43. The summed E-state index contributed by atoms with van der Waals surface area (Å²) in [5, 5.41) is 8.70. The molecule has 236 valence electrons. The van der Waals surface area contributed by atoms with Crippen LogP contribution in [0.3, 0.4) is 0 Å². The van der Waals surface area contributed by atoms with E-state index in [1.165, 1.54) is 10.6 Å². The third-order valence-electron chi connectivity index (χ3n) is 8.98. The smallest absolute Gasteiger partial charge is 0.304 e. The number of carboxylic acids is 1. The Kier molecular flexibility index (Phi) is 9.37. The largest absolute Gasteiger partial charge is 0.493 e. The standard InChI is InChI=1S/C24H30FNO3S.C11H12O3/c1-15-7-8-21-20(9-10-22(25)24(15)21)23-16(2)12-19(13-17(23)3)29-18-6-5-11-26(14-18)30(4,27)28;1-7-2-3-9-8(5-11(12)13)6-14-10(9)4-7/h9-10,12-13,15,18H,5-8,11,14H2,1-4H3;2-4,8H,5-6H2,1H3,(H,12,13)/t15-,18+;8-/m11/s1. The van der Waals surface area contributed by atoms with Crippen molar-refractivity contribution in [2.75, 3.05) is 26.0 Å². The summed E-state index contributed by atoms with van der Waals surface area (Å²) in [6.07, 6.45) is 4.79. The van der Waals surface area contributed by atoms with Crippen LogP contribution in [0.25, 0.3) is 11.1 Å². The first-order valence-corrected chi connectivity index (χ1v) is 17.2. The van der Waals surface area contributed by atoms with Crippen LogP contribution >= 0.6 is 0 Å². The van der Waals surface area contributed by atoms with Gasteiger partial charge in [0.15, 0.2) is 0 Å². The van der Waals surface area contributed by atoms with Crippen molar-refractivity contribution in [1.82, 2.24) is 4.31 Å². The molecule has 0 radical (unpaired) electrons. The molecule has 1 fully saturated rings. The molecule has 6 rings (SSSR count). The molecule has 3 atom stereocenters. The fourth-order valence-electron chi connectivity index (χ4n) is 6.85. The zero-order valence-corrected chi connectivity index (χ0v) is 27.0. The number of rotatable bonds is 6. The van der Waals surface area contributed by atoms with Gasteiger partial charge in [0.1, 0.15) is 23.4 Å². The van der Waals surface area contributed by atoms with Crippen molar-refractivity contribution in [2.24, 2.45) is 0 Å². The number of benzene rings is 3. The quantitative estimate of drug-likeness (QED) is 0.321. The Morgan fingerprint density at radius 3 is 2.50 bits per heavy atom. The zero-order chi connectivity index (χ0) is 31.8. The minimum absolute atomic E-state index is 0.0168. The fourth-order valence-corrected chi connectivity index (χ4v) is 7.75. The van der Waals surface area contributed by atoms with Crippen molar-refractivity contribution in [3.63, 3.8) is 0 Å². The molecule has 1 saturated heterocycles. The summed E-state index contributed by atoms with van der Waals surface area (Å²) in [4.78, 5) is 10.6. The topological polar surface area (TPSA) is 93.1 Å². The highest BCUT2D eigenvalue weighted by atomic mass is 32.2. The molecular weight excluding hydrogens is 581 g/mol. The summed E-state index contributed by atoms with van der Waals surface area (Å²) >= 11 is 0. The number of halogens is 1. The Morgan fingerprint density at radius 2 is 1.82 bits per heavy atom. The minimum atomic E-state index is -3.20. The van der Waals surface area contributed by atoms with Gasteiger partial charge in [0.05, 0.1) is 25.8 Å². The van der Waals surface area contributed by atoms with Crippen LogP contribution < -0.4 is 9.47 Å². The summed E-state index contributed by atoms with van der Waals surface area (Å²) in [6, 6.07) is 13.5. The van der Waals surface area contributed by atoms with Gasteiger partial charge < -0.3 is 14.6 Å². The average molecular weight is 624 g/mol. The van der Waals surface area contributed by atoms with E-state index in [9.17, 15) is 17.6 Å². The predicted octanol–water partition coefficient (Wildman–Crippen LogP) is 6.91. The number of aliphatic carboxylic acids is 1. The Morgan fingerprint density at radius 1 is 1.09 bits per heavy atom. The Labute approximate surface area is 260 Å². The summed E-state index contributed by atoms with van der Waals surface area (Å²) in [5.74, 6) is 1.02. The third kappa shape index (κ3) is 6.94. The van der Waals surface area contributed by atoms with Gasteiger partial charge >= 0.3 is 5.97 Å². The molecule has 0 unspecified atom stereocenters. The monoisotopic (exact) mass is 623 g/mol. The lowest BCUT2D eigenvalue weighted by Gasteiger charge is -2.31. The molecule has 0 amide bonds. The number of aryl methyl sites for hydroxylation is 3. The summed E-state index contributed by atoms with van der Waals surface area (Å²) < 4.78 is 51.3. The molecule has 9 heteroatoms. The highest BCUT2D eigenvalue weighted by molar-refractivity contribution is 7.88.